The Morgan fingerprint density at radius 1 is 1.41 bits per heavy atom. The number of ether oxygens (including phenoxy) is 1. The molecule has 1 aliphatic rings. The minimum Gasteiger partial charge on any atom is -0.379 e. The Kier molecular flexibility index (Phi) is 4.98. The molecule has 1 heterocycles. The molecule has 5 heteroatoms. The van der Waals surface area contributed by atoms with Crippen LogP contribution in [0.15, 0.2) is 36.9 Å². The Labute approximate surface area is 130 Å². The van der Waals surface area contributed by atoms with Crippen molar-refractivity contribution in [2.24, 2.45) is 0 Å². The fraction of sp³-hybridized carbons (Fsp3) is 0.412. The molecule has 0 saturated carbocycles. The van der Waals surface area contributed by atoms with Crippen LogP contribution in [0, 0.1) is 0 Å². The second kappa shape index (κ2) is 6.75. The van der Waals surface area contributed by atoms with Crippen molar-refractivity contribution in [1.82, 2.24) is 5.32 Å². The van der Waals surface area contributed by atoms with Crippen molar-refractivity contribution in [3.8, 4) is 0 Å². The van der Waals surface area contributed by atoms with Crippen molar-refractivity contribution < 1.29 is 14.3 Å². The molecule has 1 aromatic carbocycles. The van der Waals surface area contributed by atoms with E-state index in [4.69, 9.17) is 4.74 Å². The van der Waals surface area contributed by atoms with Gasteiger partial charge in [-0.05, 0) is 43.2 Å². The normalized spacial score (nSPS) is 20.5. The van der Waals surface area contributed by atoms with E-state index < -0.39 is 0 Å². The maximum Gasteiger partial charge on any atom is 0.251 e. The van der Waals surface area contributed by atoms with E-state index in [1.54, 1.807) is 31.3 Å². The molecule has 0 spiro atoms. The summed E-state index contributed by atoms with van der Waals surface area (Å²) in [5.41, 5.74) is 1.03. The lowest BCUT2D eigenvalue weighted by molar-refractivity contribution is -0.113. The Hall–Kier alpha value is -2.14. The molecule has 1 aromatic rings. The van der Waals surface area contributed by atoms with Gasteiger partial charge in [0.1, 0.15) is 0 Å². The fourth-order valence-corrected chi connectivity index (χ4v) is 2.49. The molecule has 1 N–H and O–H groups in total. The highest BCUT2D eigenvalue weighted by molar-refractivity contribution is 6.01. The van der Waals surface area contributed by atoms with Crippen LogP contribution in [0.4, 0.5) is 5.69 Å². The standard InChI is InChI=1S/C17H22N2O3/c1-4-15(20)19(3)14-8-6-13(7-9-14)16(21)18-17(5-2)10-11-22-12-17/h4,6-9H,1,5,10-12H2,2-3H3,(H,18,21). The minimum absolute atomic E-state index is 0.114. The number of nitrogens with one attached hydrogen (secondary N) is 1. The van der Waals surface area contributed by atoms with Crippen LogP contribution < -0.4 is 10.2 Å². The van der Waals surface area contributed by atoms with E-state index in [-0.39, 0.29) is 17.4 Å². The first kappa shape index (κ1) is 16.2. The summed E-state index contributed by atoms with van der Waals surface area (Å²) in [6.45, 7) is 6.75. The number of benzene rings is 1. The van der Waals surface area contributed by atoms with Crippen LogP contribution in [-0.2, 0) is 9.53 Å². The summed E-state index contributed by atoms with van der Waals surface area (Å²) in [4.78, 5) is 25.4. The lowest BCUT2D eigenvalue weighted by Crippen LogP contribution is -2.48. The average molecular weight is 302 g/mol. The number of likely N-dealkylation sites (N-methyl/N-ethyl adjacent to an activating group) is 1. The number of nitrogens with zero attached hydrogens (tertiary/aromatic N) is 1. The molecular weight excluding hydrogens is 280 g/mol. The zero-order chi connectivity index (χ0) is 16.2. The molecular formula is C17H22N2O3. The van der Waals surface area contributed by atoms with Gasteiger partial charge in [0, 0.05) is 24.9 Å². The molecule has 22 heavy (non-hydrogen) atoms. The third-order valence-electron chi connectivity index (χ3n) is 4.18. The molecule has 1 unspecified atom stereocenters. The van der Waals surface area contributed by atoms with Crippen molar-refractivity contribution in [2.45, 2.75) is 25.3 Å². The molecule has 5 nitrogen and oxygen atoms in total. The van der Waals surface area contributed by atoms with Crippen LogP contribution in [0.1, 0.15) is 30.1 Å². The highest BCUT2D eigenvalue weighted by Crippen LogP contribution is 2.23. The van der Waals surface area contributed by atoms with Gasteiger partial charge in [-0.15, -0.1) is 0 Å². The predicted molar refractivity (Wildman–Crippen MR) is 86.0 cm³/mol. The molecule has 0 aromatic heterocycles. The average Bonchev–Trinajstić information content (AvgIpc) is 3.02. The van der Waals surface area contributed by atoms with E-state index >= 15 is 0 Å². The quantitative estimate of drug-likeness (QED) is 0.848. The Morgan fingerprint density at radius 3 is 2.59 bits per heavy atom. The van der Waals surface area contributed by atoms with Crippen molar-refractivity contribution >= 4 is 17.5 Å². The zero-order valence-electron chi connectivity index (χ0n) is 13.1. The summed E-state index contributed by atoms with van der Waals surface area (Å²) in [6.07, 6.45) is 2.93. The maximum absolute atomic E-state index is 12.4. The Balaban J connectivity index is 2.08. The first-order chi connectivity index (χ1) is 10.5. The van der Waals surface area contributed by atoms with Gasteiger partial charge in [-0.3, -0.25) is 9.59 Å². The molecule has 1 aliphatic heterocycles. The van der Waals surface area contributed by atoms with Crippen LogP contribution in [0.2, 0.25) is 0 Å². The van der Waals surface area contributed by atoms with Crippen molar-refractivity contribution in [1.29, 1.82) is 0 Å². The van der Waals surface area contributed by atoms with Crippen LogP contribution in [0.5, 0.6) is 0 Å². The third kappa shape index (κ3) is 3.36. The zero-order valence-corrected chi connectivity index (χ0v) is 13.1. The number of hydrogen-bond acceptors (Lipinski definition) is 3. The summed E-state index contributed by atoms with van der Waals surface area (Å²) in [6, 6.07) is 6.94. The molecule has 0 bridgehead atoms. The van der Waals surface area contributed by atoms with Gasteiger partial charge >= 0.3 is 0 Å². The van der Waals surface area contributed by atoms with E-state index in [9.17, 15) is 9.59 Å². The topological polar surface area (TPSA) is 58.6 Å². The fourth-order valence-electron chi connectivity index (χ4n) is 2.49. The number of amides is 2. The van der Waals surface area contributed by atoms with Crippen LogP contribution in [0.25, 0.3) is 0 Å². The summed E-state index contributed by atoms with van der Waals surface area (Å²) < 4.78 is 5.41. The van der Waals surface area contributed by atoms with Crippen molar-refractivity contribution in [3.63, 3.8) is 0 Å². The summed E-state index contributed by atoms with van der Waals surface area (Å²) in [7, 11) is 1.67. The molecule has 1 atom stereocenters. The highest BCUT2D eigenvalue weighted by Gasteiger charge is 2.34. The van der Waals surface area contributed by atoms with Gasteiger partial charge in [0.05, 0.1) is 12.1 Å². The first-order valence-electron chi connectivity index (χ1n) is 7.42. The predicted octanol–water partition coefficient (Wildman–Crippen LogP) is 2.13. The molecule has 1 fully saturated rings. The van der Waals surface area contributed by atoms with Gasteiger partial charge < -0.3 is 15.0 Å². The monoisotopic (exact) mass is 302 g/mol. The number of hydrogen-bond donors (Lipinski definition) is 1. The minimum atomic E-state index is -0.259. The first-order valence-corrected chi connectivity index (χ1v) is 7.42. The molecule has 0 radical (unpaired) electrons. The van der Waals surface area contributed by atoms with Gasteiger partial charge in [-0.1, -0.05) is 13.5 Å². The lowest BCUT2D eigenvalue weighted by Gasteiger charge is -2.27. The maximum atomic E-state index is 12.4. The Bertz CT molecular complexity index is 560. The van der Waals surface area contributed by atoms with E-state index in [1.165, 1.54) is 11.0 Å². The van der Waals surface area contributed by atoms with Crippen LogP contribution in [0.3, 0.4) is 0 Å². The SMILES string of the molecule is C=CC(=O)N(C)c1ccc(C(=O)NC2(CC)CCOC2)cc1. The van der Waals surface area contributed by atoms with Gasteiger partial charge in [-0.2, -0.15) is 0 Å². The third-order valence-corrected chi connectivity index (χ3v) is 4.18. The number of carbonyl (C=O) groups is 2. The second-order valence-electron chi connectivity index (χ2n) is 5.54. The number of rotatable bonds is 5. The van der Waals surface area contributed by atoms with E-state index in [1.807, 2.05) is 6.92 Å². The lowest BCUT2D eigenvalue weighted by atomic mass is 9.95. The highest BCUT2D eigenvalue weighted by atomic mass is 16.5. The molecule has 2 rings (SSSR count). The van der Waals surface area contributed by atoms with Gasteiger partial charge in [0.2, 0.25) is 5.91 Å². The molecule has 118 valence electrons. The van der Waals surface area contributed by atoms with E-state index in [2.05, 4.69) is 11.9 Å². The molecule has 2 amide bonds. The van der Waals surface area contributed by atoms with Gasteiger partial charge in [0.25, 0.3) is 5.91 Å². The second-order valence-corrected chi connectivity index (χ2v) is 5.54. The van der Waals surface area contributed by atoms with Gasteiger partial charge in [0.15, 0.2) is 0 Å². The number of carbonyl (C=O) groups excluding carboxylic acids is 2. The van der Waals surface area contributed by atoms with Crippen LogP contribution >= 0.6 is 0 Å². The van der Waals surface area contributed by atoms with Crippen molar-refractivity contribution in [3.05, 3.63) is 42.5 Å². The summed E-state index contributed by atoms with van der Waals surface area (Å²) >= 11 is 0. The molecule has 0 aliphatic carbocycles. The van der Waals surface area contributed by atoms with E-state index in [0.717, 1.165) is 18.5 Å². The van der Waals surface area contributed by atoms with E-state index in [0.29, 0.717) is 18.8 Å². The van der Waals surface area contributed by atoms with Crippen LogP contribution in [-0.4, -0.2) is 37.6 Å². The van der Waals surface area contributed by atoms with Crippen molar-refractivity contribution in [2.75, 3.05) is 25.2 Å². The van der Waals surface area contributed by atoms with Gasteiger partial charge in [-0.25, -0.2) is 0 Å². The molecule has 1 saturated heterocycles. The largest absolute Gasteiger partial charge is 0.379 e. The summed E-state index contributed by atoms with van der Waals surface area (Å²) in [5, 5.41) is 3.08. The Morgan fingerprint density at radius 2 is 2.09 bits per heavy atom. The smallest absolute Gasteiger partial charge is 0.251 e. The summed E-state index contributed by atoms with van der Waals surface area (Å²) in [5.74, 6) is -0.304. The number of anilines is 1.